The van der Waals surface area contributed by atoms with E-state index >= 15 is 0 Å². The predicted molar refractivity (Wildman–Crippen MR) is 961 cm³/mol. The van der Waals surface area contributed by atoms with Crippen LogP contribution in [0.4, 0.5) is 0 Å². The average molecular weight is 1590 g/mol. The average Bonchev–Trinajstić information content (AvgIpc) is 0.696. The Morgan fingerprint density at radius 1 is 0.0373 bits per heavy atom. The number of hydrogen-bond acceptors (Lipinski definition) is 0. The Balaban J connectivity index is 17.8. The highest BCUT2D eigenvalue weighted by atomic mass is 13.5. The van der Waals surface area contributed by atoms with Crippen LogP contribution < -0.4 is 0 Å². The molecule has 0 nitrogen and oxygen atoms in total. The van der Waals surface area contributed by atoms with E-state index in [9.17, 15) is 0 Å². The molecule has 0 aromatic rings. The first-order valence-electron chi connectivity index (χ1n) is 60.9. The smallest absolute Gasteiger partial charge is 0.0000000984 e. The molecule has 538 valence electrons. The number of hydrogen-bond donors (Lipinski definition) is 0. The van der Waals surface area contributed by atoms with E-state index in [0.717, 1.165) is 0 Å². The molecule has 0 saturated heterocycles. The van der Waals surface area contributed by atoms with Gasteiger partial charge in [-0.3, -0.25) is 0 Å². The van der Waals surface area contributed by atoms with Crippen molar-refractivity contribution < 1.29 is 0 Å². The van der Waals surface area contributed by atoms with E-state index in [0.29, 0.717) is 409 Å². The van der Waals surface area contributed by atoms with Crippen LogP contribution >= 0.6 is 0 Å². The molecule has 134 heteroatoms. The summed E-state index contributed by atoms with van der Waals surface area (Å²) < 4.78 is 0. The fraction of sp³-hybridized carbons (Fsp3) is 0. The van der Waals surface area contributed by atoms with Crippen LogP contribution in [-0.2, 0) is 0 Å². The Morgan fingerprint density at radius 3 is 0.0896 bits per heavy atom. The van der Waals surface area contributed by atoms with Crippen LogP contribution in [0, 0.1) is 0 Å². The van der Waals surface area contributed by atoms with E-state index < -0.39 is 0 Å². The first kappa shape index (κ1) is 143. The Bertz CT molecular complexity index is 2310. The third kappa shape index (κ3) is 38.0. The predicted octanol–water partition coefficient (Wildman–Crippen LogP) is -87.4. The van der Waals surface area contributed by atoms with Gasteiger partial charge < -0.3 is 0 Å². The first-order valence-corrected chi connectivity index (χ1v) is 60.9. The first-order chi connectivity index (χ1) is 60.9. The normalized spacial score (nSPS) is 9.88. The molecule has 0 aliphatic rings. The van der Waals surface area contributed by atoms with Gasteiger partial charge in [0, 0.05) is 421 Å². The molecule has 0 aromatic heterocycles. The SMILES string of the molecule is BB(B)B(B(B)B)B(B(B(B)B)B(B)B)B(B(B(B)B)B(B)B)B(B(B(B(B)B)B(B)B)B(B(B)B)B(B)B)B(B(B(B(B(B)B)B(B)B)B(B(B)B)B(B)B)B(B(B(B)B)B(B)B)B(B(B)B)B(B)B)B(B(B(B(B(B)B)B(B)B)B(B(B)B)B(B)B)B(B(B(B)B)B(B)B)B(B(B)B)B(B)B)B(B(B(B(B)B)B(B)B)B(B(B)B)B(B)B)B(B(B(B)B)B(B)B)B(B(B)B)B(B)B. The molecule has 0 heterocycles. The summed E-state index contributed by atoms with van der Waals surface area (Å²) >= 11 is 0. The van der Waals surface area contributed by atoms with E-state index in [2.05, 4.69) is 526 Å². The summed E-state index contributed by atoms with van der Waals surface area (Å²) in [5, 5.41) is 0. The van der Waals surface area contributed by atoms with Gasteiger partial charge in [0.15, 0.2) is 0 Å². The topological polar surface area (TPSA) is 0 Å². The molecule has 0 radical (unpaired) electrons. The minimum atomic E-state index is 0.271. The van der Waals surface area contributed by atoms with Gasteiger partial charge in [-0.15, -0.1) is 0 Å². The second-order valence-electron chi connectivity index (χ2n) is 60.8. The fourth-order valence-electron chi connectivity index (χ4n) is 39.7. The van der Waals surface area contributed by atoms with Crippen LogP contribution in [0.5, 0.6) is 0 Å². The maximum Gasteiger partial charge on any atom is 0.0552 e. The van der Waals surface area contributed by atoms with Gasteiger partial charge >= 0.3 is 0 Å². The fourth-order valence-corrected chi connectivity index (χ4v) is 39.7. The summed E-state index contributed by atoms with van der Waals surface area (Å²) in [5.41, 5.74) is 0. The lowest BCUT2D eigenvalue weighted by Gasteiger charge is -2.65. The van der Waals surface area contributed by atoms with Crippen molar-refractivity contribution in [3.63, 3.8) is 0 Å². The molecule has 134 heavy (non-hydrogen) atoms. The lowest BCUT2D eigenvalue weighted by atomic mass is 8.16. The zero-order chi connectivity index (χ0) is 106. The summed E-state index contributed by atoms with van der Waals surface area (Å²) in [6, 6.07) is 0. The molecule has 0 aliphatic carbocycles. The molecule has 0 N–H and O–H groups in total. The third-order valence-corrected chi connectivity index (χ3v) is 40.0. The van der Waals surface area contributed by atoms with E-state index in [4.69, 9.17) is 0 Å². The molecule has 0 rings (SSSR count). The Hall–Kier alpha value is 8.70. The van der Waals surface area contributed by atoms with Crippen molar-refractivity contribution in [3.8, 4) is 0 Å². The van der Waals surface area contributed by atoms with Gasteiger partial charge in [-0.05, 0) is 0 Å². The van der Waals surface area contributed by atoms with Gasteiger partial charge in [0.1, 0.15) is 0 Å². The molecule has 0 amide bonds. The van der Waals surface area contributed by atoms with Gasteiger partial charge in [-0.1, -0.05) is 0 Å². The van der Waals surface area contributed by atoms with E-state index in [1.165, 1.54) is 0 Å². The molecule has 0 unspecified atom stereocenters. The van der Waals surface area contributed by atoms with E-state index in [1.54, 1.807) is 0 Å². The third-order valence-electron chi connectivity index (χ3n) is 40.0. The summed E-state index contributed by atoms with van der Waals surface area (Å²) in [6.07, 6.45) is 28.9. The minimum Gasteiger partial charge on any atom is 0.0000000984 e. The molecule has 0 fully saturated rings. The molecule has 0 aliphatic heterocycles. The molecule has 0 bridgehead atoms. The standard InChI is InChI=1S/B134H136/c1-69(2)103(70(3)4)120(104(71(5)6)72(7)8)128(119(101(65)66)102(67)68)132(127(117(97(57)58)98(59)60)118(99(61)62)100(63)64)134(131(125(113(89(41)42)90(43)44)114(91(45)46)92(47)48)126(115(93(49)50)94(51)52)116(95(53)54)96(55)56)133(129(121(105(73(9)10)74(11)12)106(75(13)14)76(15)16)122(107(77(17)18)78(19)20)108(79(21)22)80(23)24)130(123(109(81(25)26)82(27)28)110(83(29)30)84(31)32)124(111(85(33)34)86(35)36)112(87(37)38)88(39)40/h1-68H2. The summed E-state index contributed by atoms with van der Waals surface area (Å²) in [7, 11) is 195. The molecular formula is H136B134. The second-order valence-corrected chi connectivity index (χ2v) is 60.8. The Morgan fingerprint density at radius 2 is 0.0597 bits per heavy atom. The van der Waals surface area contributed by atoms with Crippen molar-refractivity contribution in [2.45, 2.75) is 0 Å². The zero-order valence-corrected chi connectivity index (χ0v) is 106. The van der Waals surface area contributed by atoms with Crippen molar-refractivity contribution in [1.82, 2.24) is 0 Å². The molecule has 0 saturated carbocycles. The highest BCUT2D eigenvalue weighted by Gasteiger charge is 2.73. The Kier molecular flexibility index (Phi) is 69.9. The van der Waals surface area contributed by atoms with Crippen molar-refractivity contribution in [1.29, 1.82) is 0 Å². The van der Waals surface area contributed by atoms with Gasteiger partial charge in [0.25, 0.3) is 0 Å². The summed E-state index contributed by atoms with van der Waals surface area (Å²) in [6.45, 7) is 0. The second kappa shape index (κ2) is 65.7. The summed E-state index contributed by atoms with van der Waals surface area (Å²) in [5.74, 6) is 0. The quantitative estimate of drug-likeness (QED) is 0.0533. The molecular weight excluding hydrogens is 1450 g/mol. The highest BCUT2D eigenvalue weighted by molar-refractivity contribution is 8.47. The summed E-state index contributed by atoms with van der Waals surface area (Å²) in [4.78, 5) is 0. The zero-order valence-electron chi connectivity index (χ0n) is 106. The maximum atomic E-state index is 2.90. The van der Waals surface area contributed by atoms with Gasteiger partial charge in [-0.25, -0.2) is 0 Å². The van der Waals surface area contributed by atoms with Crippen LogP contribution in [-0.4, -0.2) is 948 Å². The van der Waals surface area contributed by atoms with Gasteiger partial charge in [-0.2, -0.15) is 0 Å². The minimum absolute atomic E-state index is 0.271. The van der Waals surface area contributed by atoms with Crippen molar-refractivity contribution in [2.75, 3.05) is 0 Å². The lowest BCUT2D eigenvalue weighted by molar-refractivity contribution is 3.10. The largest absolute Gasteiger partial charge is 0.0552 e. The van der Waals surface area contributed by atoms with Crippen molar-refractivity contribution in [3.05, 3.63) is 0 Å². The van der Waals surface area contributed by atoms with Gasteiger partial charge in [0.05, 0.1) is 526 Å². The molecule has 0 aromatic carbocycles. The number of rotatable bonds is 65. The van der Waals surface area contributed by atoms with Crippen LogP contribution in [0.25, 0.3) is 0 Å². The van der Waals surface area contributed by atoms with Crippen LogP contribution in [0.15, 0.2) is 0 Å². The van der Waals surface area contributed by atoms with Crippen LogP contribution in [0.2, 0.25) is 0 Å². The highest BCUT2D eigenvalue weighted by Crippen LogP contribution is 2.34. The van der Waals surface area contributed by atoms with Crippen molar-refractivity contribution in [2.24, 2.45) is 0 Å². The molecule has 0 spiro atoms. The van der Waals surface area contributed by atoms with E-state index in [-0.39, 0.29) is 12.8 Å². The maximum absolute atomic E-state index is 2.90. The van der Waals surface area contributed by atoms with Gasteiger partial charge in [0.2, 0.25) is 0 Å². The van der Waals surface area contributed by atoms with Crippen LogP contribution in [0.1, 0.15) is 0 Å². The van der Waals surface area contributed by atoms with E-state index in [1.807, 2.05) is 0 Å². The monoisotopic (exact) mass is 1610 g/mol. The molecule has 0 atom stereocenters. The lowest BCUT2D eigenvalue weighted by Crippen LogP contribution is -3.03. The van der Waals surface area contributed by atoms with Crippen molar-refractivity contribution >= 4 is 948 Å². The van der Waals surface area contributed by atoms with Crippen LogP contribution in [0.3, 0.4) is 0 Å². The Labute approximate surface area is 937 Å².